The summed E-state index contributed by atoms with van der Waals surface area (Å²) in [7, 11) is 6.92. The Bertz CT molecular complexity index is 1190. The summed E-state index contributed by atoms with van der Waals surface area (Å²) < 4.78 is 22.6. The van der Waals surface area contributed by atoms with Crippen LogP contribution in [0.15, 0.2) is 97.1 Å². The normalized spacial score (nSPS) is 15.9. The first-order valence-electron chi connectivity index (χ1n) is 13.1. The molecule has 38 heavy (non-hydrogen) atoms. The molecule has 0 unspecified atom stereocenters. The largest absolute Gasteiger partial charge is 0.497 e. The van der Waals surface area contributed by atoms with Gasteiger partial charge in [0.05, 0.1) is 28.4 Å². The molecule has 1 aliphatic rings. The third kappa shape index (κ3) is 4.60. The molecule has 0 spiro atoms. The van der Waals surface area contributed by atoms with Crippen molar-refractivity contribution in [2.45, 2.75) is 36.5 Å². The van der Waals surface area contributed by atoms with Crippen LogP contribution in [0, 0.1) is 0 Å². The summed E-state index contributed by atoms with van der Waals surface area (Å²) in [5.74, 6) is 3.51. The average molecular weight is 511 g/mol. The van der Waals surface area contributed by atoms with Gasteiger partial charge in [0, 0.05) is 12.3 Å². The van der Waals surface area contributed by atoms with Crippen LogP contribution in [0.2, 0.25) is 0 Å². The second-order valence-electron chi connectivity index (χ2n) is 10.1. The van der Waals surface area contributed by atoms with Crippen LogP contribution < -0.4 is 18.9 Å². The quantitative estimate of drug-likeness (QED) is 0.242. The van der Waals surface area contributed by atoms with Gasteiger partial charge in [-0.05, 0) is 96.5 Å². The van der Waals surface area contributed by atoms with Gasteiger partial charge in [-0.2, -0.15) is 0 Å². The van der Waals surface area contributed by atoms with Crippen LogP contribution in [0.5, 0.6) is 23.0 Å². The summed E-state index contributed by atoms with van der Waals surface area (Å²) >= 11 is 0. The summed E-state index contributed by atoms with van der Waals surface area (Å²) in [6.07, 6.45) is 3.84. The Balaban J connectivity index is 0.00000353. The van der Waals surface area contributed by atoms with Gasteiger partial charge in [0.15, 0.2) is 0 Å². The van der Waals surface area contributed by atoms with Crippen molar-refractivity contribution in [3.8, 4) is 23.0 Å². The van der Waals surface area contributed by atoms with Gasteiger partial charge < -0.3 is 18.9 Å². The molecule has 0 amide bonds. The number of rotatable bonds is 8. The maximum Gasteiger partial charge on any atom is 0.119 e. The second-order valence-corrected chi connectivity index (χ2v) is 10.1. The van der Waals surface area contributed by atoms with Gasteiger partial charge in [0.25, 0.3) is 0 Å². The lowest BCUT2D eigenvalue weighted by Crippen LogP contribution is -2.41. The molecule has 4 heteroatoms. The van der Waals surface area contributed by atoms with Gasteiger partial charge in [0.1, 0.15) is 23.0 Å². The molecule has 5 rings (SSSR count). The molecule has 0 bridgehead atoms. The van der Waals surface area contributed by atoms with Crippen molar-refractivity contribution in [2.24, 2.45) is 0 Å². The van der Waals surface area contributed by atoms with Crippen molar-refractivity contribution in [2.75, 3.05) is 28.4 Å². The van der Waals surface area contributed by atoms with E-state index < -0.39 is 0 Å². The Labute approximate surface area is 227 Å². The fourth-order valence-electron chi connectivity index (χ4n) is 6.27. The molecule has 1 saturated carbocycles. The van der Waals surface area contributed by atoms with E-state index in [2.05, 4.69) is 72.8 Å². The topological polar surface area (TPSA) is 36.9 Å². The maximum atomic E-state index is 5.65. The van der Waals surface area contributed by atoms with Crippen LogP contribution in [0.1, 0.15) is 49.4 Å². The Morgan fingerprint density at radius 1 is 0.421 bits per heavy atom. The third-order valence-electron chi connectivity index (χ3n) is 8.45. The van der Waals surface area contributed by atoms with Crippen molar-refractivity contribution in [1.82, 2.24) is 0 Å². The standard InChI is InChI=1S/C34H36O4.H2/c1-35-29-13-5-9-25(21-29)33(26-10-6-14-30(22-26)36-2)17-19-34(20-18-33,27-11-7-15-31(23-27)37-3)28-12-8-16-32(24-28)38-4;/h5-16,21-24H,17-20H2,1-4H3;1H. The molecular formula is C34H38O4. The van der Waals surface area contributed by atoms with Crippen molar-refractivity contribution in [3.05, 3.63) is 119 Å². The van der Waals surface area contributed by atoms with Crippen LogP contribution in [0.3, 0.4) is 0 Å². The highest BCUT2D eigenvalue weighted by molar-refractivity contribution is 5.50. The molecule has 4 nitrogen and oxygen atoms in total. The molecule has 0 saturated heterocycles. The first kappa shape index (κ1) is 25.7. The van der Waals surface area contributed by atoms with Crippen molar-refractivity contribution >= 4 is 0 Å². The molecule has 0 aliphatic heterocycles. The molecule has 0 N–H and O–H groups in total. The predicted molar refractivity (Wildman–Crippen MR) is 154 cm³/mol. The maximum absolute atomic E-state index is 5.65. The summed E-state index contributed by atoms with van der Waals surface area (Å²) in [4.78, 5) is 0. The Morgan fingerprint density at radius 3 is 0.868 bits per heavy atom. The third-order valence-corrected chi connectivity index (χ3v) is 8.45. The summed E-state index contributed by atoms with van der Waals surface area (Å²) in [6.45, 7) is 0. The lowest BCUT2D eigenvalue weighted by atomic mass is 9.55. The number of ether oxygens (including phenoxy) is 4. The summed E-state index contributed by atoms with van der Waals surface area (Å²) in [5.41, 5.74) is 4.74. The van der Waals surface area contributed by atoms with E-state index in [1.165, 1.54) is 22.3 Å². The molecule has 0 aromatic heterocycles. The lowest BCUT2D eigenvalue weighted by molar-refractivity contribution is 0.254. The average Bonchev–Trinajstić information content (AvgIpc) is 3.01. The fourth-order valence-corrected chi connectivity index (χ4v) is 6.27. The molecule has 0 radical (unpaired) electrons. The molecule has 1 fully saturated rings. The summed E-state index contributed by atoms with van der Waals surface area (Å²) in [6, 6.07) is 34.2. The van der Waals surface area contributed by atoms with E-state index in [9.17, 15) is 0 Å². The van der Waals surface area contributed by atoms with E-state index in [4.69, 9.17) is 18.9 Å². The monoisotopic (exact) mass is 510 g/mol. The van der Waals surface area contributed by atoms with E-state index in [-0.39, 0.29) is 12.3 Å². The van der Waals surface area contributed by atoms with Gasteiger partial charge >= 0.3 is 0 Å². The fraction of sp³-hybridized carbons (Fsp3) is 0.294. The molecule has 4 aromatic rings. The lowest BCUT2D eigenvalue weighted by Gasteiger charge is -2.48. The number of hydrogen-bond acceptors (Lipinski definition) is 4. The SMILES string of the molecule is COc1cccc(C2(c3cccc(OC)c3)CCC(c3cccc(OC)c3)(c3cccc(OC)c3)CC2)c1.[HH]. The zero-order valence-corrected chi connectivity index (χ0v) is 22.7. The molecule has 198 valence electrons. The molecular weight excluding hydrogens is 472 g/mol. The van der Waals surface area contributed by atoms with E-state index >= 15 is 0 Å². The first-order chi connectivity index (χ1) is 18.6. The minimum atomic E-state index is -0.176. The highest BCUT2D eigenvalue weighted by atomic mass is 16.5. The van der Waals surface area contributed by atoms with Crippen molar-refractivity contribution in [1.29, 1.82) is 0 Å². The summed E-state index contributed by atoms with van der Waals surface area (Å²) in [5, 5.41) is 0. The molecule has 4 aromatic carbocycles. The minimum absolute atomic E-state index is 0. The molecule has 0 heterocycles. The van der Waals surface area contributed by atoms with Gasteiger partial charge in [-0.25, -0.2) is 0 Å². The Kier molecular flexibility index (Phi) is 7.33. The van der Waals surface area contributed by atoms with Gasteiger partial charge in [-0.3, -0.25) is 0 Å². The number of benzene rings is 4. The minimum Gasteiger partial charge on any atom is -0.497 e. The van der Waals surface area contributed by atoms with Crippen LogP contribution in [-0.4, -0.2) is 28.4 Å². The van der Waals surface area contributed by atoms with Crippen molar-refractivity contribution < 1.29 is 20.4 Å². The zero-order chi connectivity index (χ0) is 26.6. The number of methoxy groups -OCH3 is 4. The Morgan fingerprint density at radius 2 is 0.658 bits per heavy atom. The number of hydrogen-bond donors (Lipinski definition) is 0. The van der Waals surface area contributed by atoms with E-state index in [1.54, 1.807) is 28.4 Å². The van der Waals surface area contributed by atoms with Gasteiger partial charge in [0.2, 0.25) is 0 Å². The first-order valence-corrected chi connectivity index (χ1v) is 13.1. The van der Waals surface area contributed by atoms with Gasteiger partial charge in [-0.1, -0.05) is 48.5 Å². The molecule has 0 atom stereocenters. The molecule has 1 aliphatic carbocycles. The van der Waals surface area contributed by atoms with Gasteiger partial charge in [-0.15, -0.1) is 0 Å². The predicted octanol–water partition coefficient (Wildman–Crippen LogP) is 7.81. The second kappa shape index (κ2) is 10.8. The van der Waals surface area contributed by atoms with Crippen LogP contribution in [-0.2, 0) is 10.8 Å². The van der Waals surface area contributed by atoms with Crippen LogP contribution >= 0.6 is 0 Å². The Hall–Kier alpha value is -3.92. The van der Waals surface area contributed by atoms with Crippen molar-refractivity contribution in [3.63, 3.8) is 0 Å². The van der Waals surface area contributed by atoms with Crippen LogP contribution in [0.25, 0.3) is 0 Å². The zero-order valence-electron chi connectivity index (χ0n) is 22.7. The van der Waals surface area contributed by atoms with E-state index in [1.807, 2.05) is 24.3 Å². The highest BCUT2D eigenvalue weighted by Crippen LogP contribution is 2.55. The van der Waals surface area contributed by atoms with E-state index in [0.717, 1.165) is 48.7 Å². The smallest absolute Gasteiger partial charge is 0.119 e. The van der Waals surface area contributed by atoms with E-state index in [0.29, 0.717) is 0 Å². The highest BCUT2D eigenvalue weighted by Gasteiger charge is 2.47. The van der Waals surface area contributed by atoms with Crippen LogP contribution in [0.4, 0.5) is 0 Å².